The summed E-state index contributed by atoms with van der Waals surface area (Å²) < 4.78 is 10.8. The summed E-state index contributed by atoms with van der Waals surface area (Å²) in [5.74, 6) is 1.73. The SMILES string of the molecule is CCCNC(CCC(C)(C)C)c1ccc(OC)cc1OC. The molecule has 3 nitrogen and oxygen atoms in total. The number of nitrogens with one attached hydrogen (secondary N) is 1. The van der Waals surface area contributed by atoms with Gasteiger partial charge in [0.15, 0.2) is 0 Å². The third-order valence-electron chi connectivity index (χ3n) is 3.64. The maximum Gasteiger partial charge on any atom is 0.127 e. The average Bonchev–Trinajstić information content (AvgIpc) is 2.46. The molecule has 0 aromatic heterocycles. The Labute approximate surface area is 130 Å². The fraction of sp³-hybridized carbons (Fsp3) is 0.667. The third-order valence-corrected chi connectivity index (χ3v) is 3.64. The van der Waals surface area contributed by atoms with Gasteiger partial charge in [0.2, 0.25) is 0 Å². The summed E-state index contributed by atoms with van der Waals surface area (Å²) in [5.41, 5.74) is 1.56. The van der Waals surface area contributed by atoms with E-state index in [2.05, 4.69) is 39.1 Å². The molecule has 0 aliphatic carbocycles. The van der Waals surface area contributed by atoms with E-state index in [0.29, 0.717) is 11.5 Å². The predicted octanol–water partition coefficient (Wildman–Crippen LogP) is 4.57. The zero-order chi connectivity index (χ0) is 15.9. The van der Waals surface area contributed by atoms with Crippen molar-refractivity contribution in [2.75, 3.05) is 20.8 Å². The summed E-state index contributed by atoms with van der Waals surface area (Å²) in [5, 5.41) is 3.65. The van der Waals surface area contributed by atoms with Gasteiger partial charge in [-0.05, 0) is 37.3 Å². The lowest BCUT2D eigenvalue weighted by molar-refractivity contribution is 0.325. The molecule has 0 bridgehead atoms. The number of hydrogen-bond donors (Lipinski definition) is 1. The van der Waals surface area contributed by atoms with Crippen molar-refractivity contribution in [3.8, 4) is 11.5 Å². The van der Waals surface area contributed by atoms with E-state index in [1.165, 1.54) is 12.0 Å². The standard InChI is InChI=1S/C18H31NO2/c1-7-12-19-16(10-11-18(2,3)4)15-9-8-14(20-5)13-17(15)21-6/h8-9,13,16,19H,7,10-12H2,1-6H3. The van der Waals surface area contributed by atoms with Crippen LogP contribution in [0.2, 0.25) is 0 Å². The molecule has 21 heavy (non-hydrogen) atoms. The van der Waals surface area contributed by atoms with Gasteiger partial charge in [0.1, 0.15) is 11.5 Å². The lowest BCUT2D eigenvalue weighted by Crippen LogP contribution is -2.24. The Hall–Kier alpha value is -1.22. The maximum absolute atomic E-state index is 5.56. The molecule has 1 aromatic carbocycles. The van der Waals surface area contributed by atoms with Crippen molar-refractivity contribution in [1.29, 1.82) is 0 Å². The van der Waals surface area contributed by atoms with Gasteiger partial charge >= 0.3 is 0 Å². The van der Waals surface area contributed by atoms with Crippen LogP contribution in [0.3, 0.4) is 0 Å². The Kier molecular flexibility index (Phi) is 7.03. The molecular weight excluding hydrogens is 262 g/mol. The third kappa shape index (κ3) is 5.96. The molecule has 0 aliphatic heterocycles. The normalized spacial score (nSPS) is 13.0. The highest BCUT2D eigenvalue weighted by Crippen LogP contribution is 2.34. The first-order valence-corrected chi connectivity index (χ1v) is 7.86. The minimum Gasteiger partial charge on any atom is -0.497 e. The number of methoxy groups -OCH3 is 2. The molecular formula is C18H31NO2. The summed E-state index contributed by atoms with van der Waals surface area (Å²) >= 11 is 0. The van der Waals surface area contributed by atoms with Crippen LogP contribution in [0.25, 0.3) is 0 Å². The van der Waals surface area contributed by atoms with E-state index in [-0.39, 0.29) is 0 Å². The Bertz CT molecular complexity index is 424. The number of hydrogen-bond acceptors (Lipinski definition) is 3. The number of ether oxygens (including phenoxy) is 2. The van der Waals surface area contributed by atoms with Gasteiger partial charge in [0.05, 0.1) is 14.2 Å². The Morgan fingerprint density at radius 2 is 1.86 bits per heavy atom. The molecule has 0 amide bonds. The lowest BCUT2D eigenvalue weighted by atomic mass is 9.87. The van der Waals surface area contributed by atoms with Crippen LogP contribution >= 0.6 is 0 Å². The molecule has 1 N–H and O–H groups in total. The molecule has 0 saturated heterocycles. The average molecular weight is 293 g/mol. The van der Waals surface area contributed by atoms with Crippen molar-refractivity contribution in [2.24, 2.45) is 5.41 Å². The summed E-state index contributed by atoms with van der Waals surface area (Å²) in [7, 11) is 3.40. The second-order valence-electron chi connectivity index (χ2n) is 6.71. The molecule has 1 aromatic rings. The van der Waals surface area contributed by atoms with E-state index in [1.807, 2.05) is 12.1 Å². The zero-order valence-corrected chi connectivity index (χ0v) is 14.5. The largest absolute Gasteiger partial charge is 0.497 e. The maximum atomic E-state index is 5.56. The van der Waals surface area contributed by atoms with E-state index in [1.54, 1.807) is 14.2 Å². The van der Waals surface area contributed by atoms with Crippen LogP contribution in [0.15, 0.2) is 18.2 Å². The monoisotopic (exact) mass is 293 g/mol. The molecule has 1 unspecified atom stereocenters. The minimum atomic E-state index is 0.324. The van der Waals surface area contributed by atoms with Gasteiger partial charge in [0, 0.05) is 17.7 Å². The summed E-state index contributed by atoms with van der Waals surface area (Å²) in [6.45, 7) is 10.1. The second-order valence-corrected chi connectivity index (χ2v) is 6.71. The first kappa shape index (κ1) is 17.8. The van der Waals surface area contributed by atoms with Crippen LogP contribution in [0.1, 0.15) is 58.6 Å². The number of benzene rings is 1. The zero-order valence-electron chi connectivity index (χ0n) is 14.5. The Morgan fingerprint density at radius 3 is 2.38 bits per heavy atom. The quantitative estimate of drug-likeness (QED) is 0.761. The smallest absolute Gasteiger partial charge is 0.127 e. The van der Waals surface area contributed by atoms with E-state index in [0.717, 1.165) is 30.9 Å². The molecule has 1 atom stereocenters. The van der Waals surface area contributed by atoms with Gasteiger partial charge < -0.3 is 14.8 Å². The molecule has 1 rings (SSSR count). The first-order valence-electron chi connectivity index (χ1n) is 7.86. The summed E-state index contributed by atoms with van der Waals surface area (Å²) in [6, 6.07) is 6.42. The molecule has 3 heteroatoms. The number of rotatable bonds is 8. The van der Waals surface area contributed by atoms with Crippen molar-refractivity contribution in [3.63, 3.8) is 0 Å². The molecule has 0 aliphatic rings. The highest BCUT2D eigenvalue weighted by molar-refractivity contribution is 5.42. The predicted molar refractivity (Wildman–Crippen MR) is 89.3 cm³/mol. The van der Waals surface area contributed by atoms with Crippen LogP contribution in [-0.4, -0.2) is 20.8 Å². The van der Waals surface area contributed by atoms with Crippen LogP contribution in [-0.2, 0) is 0 Å². The van der Waals surface area contributed by atoms with Gasteiger partial charge in [-0.3, -0.25) is 0 Å². The van der Waals surface area contributed by atoms with Gasteiger partial charge in [0.25, 0.3) is 0 Å². The van der Waals surface area contributed by atoms with Crippen molar-refractivity contribution in [3.05, 3.63) is 23.8 Å². The highest BCUT2D eigenvalue weighted by Gasteiger charge is 2.19. The molecule has 0 saturated carbocycles. The van der Waals surface area contributed by atoms with Crippen molar-refractivity contribution >= 4 is 0 Å². The molecule has 0 fully saturated rings. The lowest BCUT2D eigenvalue weighted by Gasteiger charge is -2.26. The van der Waals surface area contributed by atoms with Crippen LogP contribution in [0, 0.1) is 5.41 Å². The van der Waals surface area contributed by atoms with Crippen molar-refractivity contribution in [2.45, 2.75) is 53.0 Å². The van der Waals surface area contributed by atoms with Gasteiger partial charge in [-0.25, -0.2) is 0 Å². The minimum absolute atomic E-state index is 0.324. The topological polar surface area (TPSA) is 30.5 Å². The second kappa shape index (κ2) is 8.28. The highest BCUT2D eigenvalue weighted by atomic mass is 16.5. The van der Waals surface area contributed by atoms with Gasteiger partial charge in [-0.1, -0.05) is 33.8 Å². The molecule has 0 spiro atoms. The Morgan fingerprint density at radius 1 is 1.14 bits per heavy atom. The van der Waals surface area contributed by atoms with Gasteiger partial charge in [-0.15, -0.1) is 0 Å². The molecule has 120 valence electrons. The fourth-order valence-electron chi connectivity index (χ4n) is 2.37. The summed E-state index contributed by atoms with van der Waals surface area (Å²) in [4.78, 5) is 0. The van der Waals surface area contributed by atoms with E-state index >= 15 is 0 Å². The van der Waals surface area contributed by atoms with Gasteiger partial charge in [-0.2, -0.15) is 0 Å². The van der Waals surface area contributed by atoms with E-state index in [4.69, 9.17) is 9.47 Å². The first-order chi connectivity index (χ1) is 9.91. The molecule has 0 radical (unpaired) electrons. The Balaban J connectivity index is 2.95. The van der Waals surface area contributed by atoms with E-state index < -0.39 is 0 Å². The summed E-state index contributed by atoms with van der Waals surface area (Å²) in [6.07, 6.45) is 3.40. The van der Waals surface area contributed by atoms with Crippen LogP contribution in [0.4, 0.5) is 0 Å². The van der Waals surface area contributed by atoms with Crippen LogP contribution < -0.4 is 14.8 Å². The van der Waals surface area contributed by atoms with E-state index in [9.17, 15) is 0 Å². The van der Waals surface area contributed by atoms with Crippen molar-refractivity contribution in [1.82, 2.24) is 5.32 Å². The fourth-order valence-corrected chi connectivity index (χ4v) is 2.37. The van der Waals surface area contributed by atoms with Crippen molar-refractivity contribution < 1.29 is 9.47 Å². The van der Waals surface area contributed by atoms with Crippen LogP contribution in [0.5, 0.6) is 11.5 Å². The molecule has 0 heterocycles.